The van der Waals surface area contributed by atoms with Crippen molar-refractivity contribution >= 4 is 22.0 Å². The Hall–Kier alpha value is -1.13. The number of rotatable bonds is 1. The predicted octanol–water partition coefficient (Wildman–Crippen LogP) is 1.42. The SMILES string of the molecule is Cn1ccc2cccc(S(=O)[O-])c21. The molecule has 0 bridgehead atoms. The van der Waals surface area contributed by atoms with Crippen molar-refractivity contribution in [2.45, 2.75) is 4.90 Å². The van der Waals surface area contributed by atoms with Gasteiger partial charge in [-0.05, 0) is 23.2 Å². The van der Waals surface area contributed by atoms with Crippen LogP contribution < -0.4 is 0 Å². The maximum atomic E-state index is 10.9. The molecular weight excluding hydrogens is 186 g/mol. The normalized spacial score (nSPS) is 13.4. The monoisotopic (exact) mass is 194 g/mol. The van der Waals surface area contributed by atoms with Gasteiger partial charge in [0.1, 0.15) is 0 Å². The Bertz CT molecular complexity index is 475. The zero-order chi connectivity index (χ0) is 9.42. The van der Waals surface area contributed by atoms with E-state index in [1.165, 1.54) is 0 Å². The van der Waals surface area contributed by atoms with Crippen LogP contribution in [0.15, 0.2) is 35.4 Å². The summed E-state index contributed by atoms with van der Waals surface area (Å²) in [6.07, 6.45) is 1.85. The first-order valence-corrected chi connectivity index (χ1v) is 4.91. The molecule has 4 heteroatoms. The summed E-state index contributed by atoms with van der Waals surface area (Å²) in [6.45, 7) is 0. The highest BCUT2D eigenvalue weighted by atomic mass is 32.2. The van der Waals surface area contributed by atoms with E-state index in [9.17, 15) is 8.76 Å². The van der Waals surface area contributed by atoms with Crippen molar-refractivity contribution in [2.24, 2.45) is 7.05 Å². The first-order valence-electron chi connectivity index (χ1n) is 3.83. The summed E-state index contributed by atoms with van der Waals surface area (Å²) in [5.74, 6) is 0. The van der Waals surface area contributed by atoms with E-state index in [4.69, 9.17) is 0 Å². The number of benzene rings is 1. The summed E-state index contributed by atoms with van der Waals surface area (Å²) in [5.41, 5.74) is 0.760. The summed E-state index contributed by atoms with van der Waals surface area (Å²) >= 11 is -2.16. The van der Waals surface area contributed by atoms with E-state index in [1.54, 1.807) is 16.7 Å². The lowest BCUT2D eigenvalue weighted by Gasteiger charge is -2.08. The lowest BCUT2D eigenvalue weighted by molar-refractivity contribution is 0.537. The fraction of sp³-hybridized carbons (Fsp3) is 0.111. The van der Waals surface area contributed by atoms with Crippen LogP contribution in [0.25, 0.3) is 10.9 Å². The highest BCUT2D eigenvalue weighted by Crippen LogP contribution is 2.21. The molecule has 1 heterocycles. The molecule has 13 heavy (non-hydrogen) atoms. The predicted molar refractivity (Wildman–Crippen MR) is 50.1 cm³/mol. The third kappa shape index (κ3) is 1.28. The van der Waals surface area contributed by atoms with Crippen LogP contribution in [-0.2, 0) is 18.1 Å². The van der Waals surface area contributed by atoms with Gasteiger partial charge in [-0.25, -0.2) is 0 Å². The van der Waals surface area contributed by atoms with Gasteiger partial charge in [0.25, 0.3) is 0 Å². The second-order valence-corrected chi connectivity index (χ2v) is 3.76. The van der Waals surface area contributed by atoms with Gasteiger partial charge in [0.15, 0.2) is 0 Å². The summed E-state index contributed by atoms with van der Waals surface area (Å²) < 4.78 is 23.5. The molecule has 0 aliphatic heterocycles. The fourth-order valence-corrected chi connectivity index (χ4v) is 2.06. The Labute approximate surface area is 78.3 Å². The van der Waals surface area contributed by atoms with Crippen LogP contribution in [-0.4, -0.2) is 13.3 Å². The Morgan fingerprint density at radius 3 is 2.85 bits per heavy atom. The third-order valence-electron chi connectivity index (χ3n) is 2.04. The lowest BCUT2D eigenvalue weighted by Crippen LogP contribution is -1.94. The average molecular weight is 194 g/mol. The van der Waals surface area contributed by atoms with Crippen molar-refractivity contribution in [2.75, 3.05) is 0 Å². The second kappa shape index (κ2) is 2.97. The van der Waals surface area contributed by atoms with Crippen LogP contribution in [0.4, 0.5) is 0 Å². The topological polar surface area (TPSA) is 45.1 Å². The van der Waals surface area contributed by atoms with E-state index in [2.05, 4.69) is 0 Å². The molecule has 1 aromatic heterocycles. The number of para-hydroxylation sites is 1. The molecule has 0 saturated carbocycles. The van der Waals surface area contributed by atoms with Gasteiger partial charge < -0.3 is 9.12 Å². The molecule has 2 aromatic rings. The van der Waals surface area contributed by atoms with E-state index >= 15 is 0 Å². The minimum Gasteiger partial charge on any atom is -0.768 e. The summed E-state index contributed by atoms with van der Waals surface area (Å²) in [6, 6.07) is 7.14. The van der Waals surface area contributed by atoms with Gasteiger partial charge in [-0.1, -0.05) is 12.1 Å². The summed E-state index contributed by atoms with van der Waals surface area (Å²) in [4.78, 5) is 0.352. The molecule has 68 valence electrons. The van der Waals surface area contributed by atoms with Gasteiger partial charge in [-0.3, -0.25) is 4.21 Å². The summed E-state index contributed by atoms with van der Waals surface area (Å²) in [5, 5.41) is 0.948. The van der Waals surface area contributed by atoms with Crippen molar-refractivity contribution in [3.05, 3.63) is 30.5 Å². The van der Waals surface area contributed by atoms with Gasteiger partial charge in [-0.2, -0.15) is 0 Å². The zero-order valence-electron chi connectivity index (χ0n) is 7.06. The Balaban J connectivity index is 2.88. The molecule has 3 nitrogen and oxygen atoms in total. The zero-order valence-corrected chi connectivity index (χ0v) is 7.88. The smallest absolute Gasteiger partial charge is 0.0630 e. The number of fused-ring (bicyclic) bond motifs is 1. The highest BCUT2D eigenvalue weighted by molar-refractivity contribution is 7.79. The van der Waals surface area contributed by atoms with Crippen molar-refractivity contribution in [1.29, 1.82) is 0 Å². The Kier molecular flexibility index (Phi) is 1.94. The minimum absolute atomic E-state index is 0.352. The number of nitrogens with zero attached hydrogens (tertiary/aromatic N) is 1. The number of aryl methyl sites for hydroxylation is 1. The van der Waals surface area contributed by atoms with Crippen LogP contribution in [0, 0.1) is 0 Å². The molecule has 0 amide bonds. The first-order chi connectivity index (χ1) is 6.20. The first kappa shape index (κ1) is 8.47. The van der Waals surface area contributed by atoms with E-state index in [-0.39, 0.29) is 0 Å². The lowest BCUT2D eigenvalue weighted by atomic mass is 10.2. The third-order valence-corrected chi connectivity index (χ3v) is 2.73. The van der Waals surface area contributed by atoms with Gasteiger partial charge >= 0.3 is 0 Å². The van der Waals surface area contributed by atoms with Crippen LogP contribution in [0.5, 0.6) is 0 Å². The molecule has 1 atom stereocenters. The van der Waals surface area contributed by atoms with E-state index < -0.39 is 11.1 Å². The van der Waals surface area contributed by atoms with Crippen LogP contribution >= 0.6 is 0 Å². The molecule has 0 aliphatic carbocycles. The molecule has 0 N–H and O–H groups in total. The minimum atomic E-state index is -2.16. The molecule has 1 unspecified atom stereocenters. The van der Waals surface area contributed by atoms with Gasteiger partial charge in [0, 0.05) is 23.5 Å². The van der Waals surface area contributed by atoms with Crippen molar-refractivity contribution in [3.63, 3.8) is 0 Å². The molecule has 0 spiro atoms. The molecule has 0 saturated heterocycles. The largest absolute Gasteiger partial charge is 0.768 e. The van der Waals surface area contributed by atoms with Gasteiger partial charge in [0.05, 0.1) is 5.52 Å². The second-order valence-electron chi connectivity index (χ2n) is 2.86. The number of aromatic nitrogens is 1. The molecule has 0 aliphatic rings. The Morgan fingerprint density at radius 1 is 1.38 bits per heavy atom. The van der Waals surface area contributed by atoms with E-state index in [1.807, 2.05) is 25.4 Å². The van der Waals surface area contributed by atoms with Crippen LogP contribution in [0.1, 0.15) is 0 Å². The van der Waals surface area contributed by atoms with Crippen molar-refractivity contribution in [3.8, 4) is 0 Å². The van der Waals surface area contributed by atoms with Crippen LogP contribution in [0.2, 0.25) is 0 Å². The number of hydrogen-bond acceptors (Lipinski definition) is 2. The average Bonchev–Trinajstić information content (AvgIpc) is 2.48. The molecular formula is C9H8NO2S-. The van der Waals surface area contributed by atoms with Crippen molar-refractivity contribution < 1.29 is 8.76 Å². The van der Waals surface area contributed by atoms with Gasteiger partial charge in [-0.15, -0.1) is 0 Å². The van der Waals surface area contributed by atoms with E-state index in [0.717, 1.165) is 10.9 Å². The van der Waals surface area contributed by atoms with E-state index in [0.29, 0.717) is 4.90 Å². The fourth-order valence-electron chi connectivity index (χ4n) is 1.45. The number of hydrogen-bond donors (Lipinski definition) is 0. The maximum absolute atomic E-state index is 10.9. The molecule has 2 rings (SSSR count). The molecule has 0 fully saturated rings. The summed E-state index contributed by atoms with van der Waals surface area (Å²) in [7, 11) is 1.83. The highest BCUT2D eigenvalue weighted by Gasteiger charge is 2.03. The maximum Gasteiger partial charge on any atom is 0.0630 e. The van der Waals surface area contributed by atoms with Gasteiger partial charge in [0.2, 0.25) is 0 Å². The molecule has 0 radical (unpaired) electrons. The Morgan fingerprint density at radius 2 is 2.15 bits per heavy atom. The quantitative estimate of drug-likeness (QED) is 0.644. The standard InChI is InChI=1S/C9H9NO2S/c1-10-6-5-7-3-2-4-8(9(7)10)13(11)12/h2-6H,1H3,(H,11,12)/p-1. The van der Waals surface area contributed by atoms with Crippen molar-refractivity contribution in [1.82, 2.24) is 4.57 Å². The van der Waals surface area contributed by atoms with Crippen LogP contribution in [0.3, 0.4) is 0 Å². The molecule has 1 aromatic carbocycles.